The first-order valence-electron chi connectivity index (χ1n) is 9.68. The molecule has 4 rings (SSSR count). The zero-order valence-corrected chi connectivity index (χ0v) is 17.7. The molecule has 0 spiro atoms. The van der Waals surface area contributed by atoms with Gasteiger partial charge in [0.15, 0.2) is 0 Å². The van der Waals surface area contributed by atoms with Crippen LogP contribution in [0.25, 0.3) is 16.6 Å². The van der Waals surface area contributed by atoms with Gasteiger partial charge in [-0.05, 0) is 55.5 Å². The van der Waals surface area contributed by atoms with E-state index in [4.69, 9.17) is 16.6 Å². The second-order valence-electron chi connectivity index (χ2n) is 7.18. The molecule has 0 aliphatic rings. The molecule has 0 saturated heterocycles. The van der Waals surface area contributed by atoms with Gasteiger partial charge < -0.3 is 4.90 Å². The number of amides is 1. The van der Waals surface area contributed by atoms with E-state index in [0.717, 1.165) is 0 Å². The van der Waals surface area contributed by atoms with Crippen molar-refractivity contribution in [2.75, 3.05) is 7.05 Å². The molecule has 1 unspecified atom stereocenters. The first kappa shape index (κ1) is 20.8. The van der Waals surface area contributed by atoms with Crippen LogP contribution in [0.4, 0.5) is 4.39 Å². The number of para-hydroxylation sites is 1. The summed E-state index contributed by atoms with van der Waals surface area (Å²) in [6, 6.07) is 18.8. The summed E-state index contributed by atoms with van der Waals surface area (Å²) >= 11 is 6.21. The van der Waals surface area contributed by atoms with Crippen LogP contribution in [0.1, 0.15) is 29.1 Å². The molecule has 7 heteroatoms. The van der Waals surface area contributed by atoms with Crippen molar-refractivity contribution in [3.63, 3.8) is 0 Å². The third-order valence-corrected chi connectivity index (χ3v) is 5.60. The fourth-order valence-electron chi connectivity index (χ4n) is 3.44. The number of halogens is 2. The topological polar surface area (TPSA) is 55.2 Å². The highest BCUT2D eigenvalue weighted by atomic mass is 35.5. The van der Waals surface area contributed by atoms with E-state index in [9.17, 15) is 14.0 Å². The van der Waals surface area contributed by atoms with E-state index in [1.54, 1.807) is 62.5 Å². The number of carbonyl (C=O) groups excluding carboxylic acids is 1. The summed E-state index contributed by atoms with van der Waals surface area (Å²) in [6.07, 6.45) is 0. The van der Waals surface area contributed by atoms with Crippen molar-refractivity contribution in [3.8, 4) is 5.69 Å². The fraction of sp³-hybridized carbons (Fsp3) is 0.125. The number of rotatable bonds is 4. The molecule has 31 heavy (non-hydrogen) atoms. The molecule has 1 aromatic heterocycles. The normalized spacial score (nSPS) is 12.0. The molecule has 1 heterocycles. The Labute approximate surface area is 183 Å². The fourth-order valence-corrected chi connectivity index (χ4v) is 3.66. The number of carbonyl (C=O) groups is 1. The summed E-state index contributed by atoms with van der Waals surface area (Å²) in [5.41, 5.74) is 1.05. The summed E-state index contributed by atoms with van der Waals surface area (Å²) in [7, 11) is 1.63. The van der Waals surface area contributed by atoms with E-state index in [0.29, 0.717) is 33.0 Å². The van der Waals surface area contributed by atoms with Crippen molar-refractivity contribution in [2.45, 2.75) is 13.0 Å². The monoisotopic (exact) mass is 435 g/mol. The Kier molecular flexibility index (Phi) is 5.57. The van der Waals surface area contributed by atoms with Crippen molar-refractivity contribution < 1.29 is 9.18 Å². The van der Waals surface area contributed by atoms with Crippen LogP contribution in [0.5, 0.6) is 0 Å². The van der Waals surface area contributed by atoms with E-state index < -0.39 is 11.9 Å². The lowest BCUT2D eigenvalue weighted by Gasteiger charge is -2.27. The lowest BCUT2D eigenvalue weighted by molar-refractivity contribution is 0.0735. The average Bonchev–Trinajstić information content (AvgIpc) is 2.79. The molecule has 1 amide bonds. The van der Waals surface area contributed by atoms with E-state index in [1.165, 1.54) is 33.7 Å². The first-order valence-corrected chi connectivity index (χ1v) is 10.1. The Hall–Kier alpha value is -3.51. The second kappa shape index (κ2) is 8.32. The van der Waals surface area contributed by atoms with E-state index in [1.807, 2.05) is 0 Å². The summed E-state index contributed by atoms with van der Waals surface area (Å²) in [5, 5.41) is 0.775. The summed E-state index contributed by atoms with van der Waals surface area (Å²) in [5.74, 6) is -0.351. The third kappa shape index (κ3) is 3.82. The van der Waals surface area contributed by atoms with E-state index >= 15 is 0 Å². The van der Waals surface area contributed by atoms with Gasteiger partial charge in [0.2, 0.25) is 0 Å². The molecule has 4 aromatic rings. The van der Waals surface area contributed by atoms with Crippen molar-refractivity contribution in [1.82, 2.24) is 14.5 Å². The van der Waals surface area contributed by atoms with Gasteiger partial charge >= 0.3 is 0 Å². The van der Waals surface area contributed by atoms with Gasteiger partial charge in [0.05, 0.1) is 33.2 Å². The maximum Gasteiger partial charge on any atom is 0.266 e. The Morgan fingerprint density at radius 1 is 1.03 bits per heavy atom. The van der Waals surface area contributed by atoms with Crippen LogP contribution in [0.15, 0.2) is 77.6 Å². The van der Waals surface area contributed by atoms with Gasteiger partial charge in [-0.15, -0.1) is 0 Å². The third-order valence-electron chi connectivity index (χ3n) is 5.27. The Balaban J connectivity index is 1.88. The average molecular weight is 436 g/mol. The van der Waals surface area contributed by atoms with Crippen molar-refractivity contribution in [3.05, 3.63) is 105 Å². The minimum Gasteiger partial charge on any atom is -0.332 e. The number of hydrogen-bond acceptors (Lipinski definition) is 3. The molecular weight excluding hydrogens is 417 g/mol. The highest BCUT2D eigenvalue weighted by Crippen LogP contribution is 2.25. The quantitative estimate of drug-likeness (QED) is 0.452. The molecule has 0 bridgehead atoms. The minimum absolute atomic E-state index is 0.294. The van der Waals surface area contributed by atoms with Crippen LogP contribution in [-0.4, -0.2) is 27.4 Å². The first-order chi connectivity index (χ1) is 14.9. The maximum absolute atomic E-state index is 13.5. The number of fused-ring (bicyclic) bond motifs is 1. The van der Waals surface area contributed by atoms with Gasteiger partial charge in [-0.3, -0.25) is 14.2 Å². The molecule has 0 saturated carbocycles. The van der Waals surface area contributed by atoms with E-state index in [2.05, 4.69) is 0 Å². The van der Waals surface area contributed by atoms with Gasteiger partial charge in [0, 0.05) is 7.05 Å². The zero-order chi connectivity index (χ0) is 22.1. The standard InChI is InChI=1S/C24H19ClFN3O2/c1-15(28(2)23(30)18-7-3-5-9-20(18)25)22-27-21-10-6-4-8-19(21)24(31)29(22)17-13-11-16(26)12-14-17/h3-15H,1-2H3. The largest absolute Gasteiger partial charge is 0.332 e. The van der Waals surface area contributed by atoms with Crippen LogP contribution >= 0.6 is 11.6 Å². The van der Waals surface area contributed by atoms with Gasteiger partial charge in [-0.1, -0.05) is 35.9 Å². The lowest BCUT2D eigenvalue weighted by atomic mass is 10.1. The van der Waals surface area contributed by atoms with Gasteiger partial charge in [-0.2, -0.15) is 0 Å². The van der Waals surface area contributed by atoms with E-state index in [-0.39, 0.29) is 11.5 Å². The van der Waals surface area contributed by atoms with Gasteiger partial charge in [0.25, 0.3) is 11.5 Å². The van der Waals surface area contributed by atoms with Crippen LogP contribution in [0.2, 0.25) is 5.02 Å². The van der Waals surface area contributed by atoms with Gasteiger partial charge in [0.1, 0.15) is 11.6 Å². The number of nitrogens with zero attached hydrogens (tertiary/aromatic N) is 3. The minimum atomic E-state index is -0.578. The number of benzene rings is 3. The highest BCUT2D eigenvalue weighted by molar-refractivity contribution is 6.33. The van der Waals surface area contributed by atoms with Crippen LogP contribution in [-0.2, 0) is 0 Å². The molecule has 5 nitrogen and oxygen atoms in total. The molecule has 0 radical (unpaired) electrons. The second-order valence-corrected chi connectivity index (χ2v) is 7.58. The van der Waals surface area contributed by atoms with Crippen LogP contribution in [0, 0.1) is 5.82 Å². The zero-order valence-electron chi connectivity index (χ0n) is 16.9. The predicted octanol–water partition coefficient (Wildman–Crippen LogP) is 5.01. The maximum atomic E-state index is 13.5. The van der Waals surface area contributed by atoms with Crippen molar-refractivity contribution in [1.29, 1.82) is 0 Å². The summed E-state index contributed by atoms with van der Waals surface area (Å²) < 4.78 is 14.9. The van der Waals surface area contributed by atoms with Crippen LogP contribution in [0.3, 0.4) is 0 Å². The molecule has 1 atom stereocenters. The molecule has 0 N–H and O–H groups in total. The van der Waals surface area contributed by atoms with Crippen molar-refractivity contribution in [2.24, 2.45) is 0 Å². The summed E-state index contributed by atoms with van der Waals surface area (Å²) in [6.45, 7) is 1.78. The molecular formula is C24H19ClFN3O2. The molecule has 0 fully saturated rings. The predicted molar refractivity (Wildman–Crippen MR) is 119 cm³/mol. The Morgan fingerprint density at radius 2 is 1.68 bits per heavy atom. The number of hydrogen-bond donors (Lipinski definition) is 0. The Morgan fingerprint density at radius 3 is 2.39 bits per heavy atom. The molecule has 156 valence electrons. The Bertz CT molecular complexity index is 1330. The highest BCUT2D eigenvalue weighted by Gasteiger charge is 2.25. The lowest BCUT2D eigenvalue weighted by Crippen LogP contribution is -2.35. The smallest absolute Gasteiger partial charge is 0.266 e. The van der Waals surface area contributed by atoms with Gasteiger partial charge in [-0.25, -0.2) is 9.37 Å². The molecule has 0 aliphatic heterocycles. The molecule has 3 aromatic carbocycles. The summed E-state index contributed by atoms with van der Waals surface area (Å²) in [4.78, 5) is 32.6. The van der Waals surface area contributed by atoms with Crippen molar-refractivity contribution >= 4 is 28.4 Å². The number of aromatic nitrogens is 2. The van der Waals surface area contributed by atoms with Crippen LogP contribution < -0.4 is 5.56 Å². The SMILES string of the molecule is CC(c1nc2ccccc2c(=O)n1-c1ccc(F)cc1)N(C)C(=O)c1ccccc1Cl. The molecule has 0 aliphatic carbocycles.